The molecular weight excluding hydrogens is 917 g/mol. The normalized spacial score (nSPS) is 11.6. The van der Waals surface area contributed by atoms with E-state index in [0.29, 0.717) is 0 Å². The fourth-order valence-electron chi connectivity index (χ4n) is 6.96. The van der Waals surface area contributed by atoms with E-state index >= 15 is 35.1 Å². The average Bonchev–Trinajstić information content (AvgIpc) is 3.27. The van der Waals surface area contributed by atoms with Crippen molar-refractivity contribution in [2.24, 2.45) is 0 Å². The van der Waals surface area contributed by atoms with Gasteiger partial charge in [-0.3, -0.25) is 0 Å². The fraction of sp³-hybridized carbons (Fsp3) is 0.0250. The van der Waals surface area contributed by atoms with Crippen LogP contribution in [0.25, 0.3) is 10.8 Å². The van der Waals surface area contributed by atoms with Crippen LogP contribution in [0.15, 0.2) is 71.9 Å². The standard InChI is InChI=1S/C24BF20.C16H13NS/c26-5-1(6(27)14(35)21(42)13(5)34)25(2-7(28)15(36)22(43)16(37)8(2)29,3-9(30)17(38)23(44)18(39)10(3)31)4-11(32)19(40)24(45)20(41)12(4)33;18-16-7-5-13(6-8-16)11-17-10-9-14-3-1-2-4-15(14)12-17/h;1-10,12H,11H2/q-1;/p+1. The quantitative estimate of drug-likeness (QED) is 0.0424. The van der Waals surface area contributed by atoms with Crippen LogP contribution in [0.1, 0.15) is 5.56 Å². The van der Waals surface area contributed by atoms with Gasteiger partial charge in [0.2, 0.25) is 0 Å². The summed E-state index contributed by atoms with van der Waals surface area (Å²) in [6.45, 7) is 0.888. The van der Waals surface area contributed by atoms with Crippen LogP contribution in [0.2, 0.25) is 0 Å². The van der Waals surface area contributed by atoms with Gasteiger partial charge in [-0.05, 0) is 23.6 Å². The van der Waals surface area contributed by atoms with E-state index in [0.717, 1.165) is 11.4 Å². The van der Waals surface area contributed by atoms with Gasteiger partial charge in [0.1, 0.15) is 52.7 Å². The molecular formula is C40H14BF20NS. The Kier molecular flexibility index (Phi) is 12.6. The van der Waals surface area contributed by atoms with E-state index in [4.69, 9.17) is 0 Å². The van der Waals surface area contributed by atoms with Crippen LogP contribution >= 0.6 is 12.6 Å². The van der Waals surface area contributed by atoms with Crippen molar-refractivity contribution in [2.75, 3.05) is 0 Å². The lowest BCUT2D eigenvalue weighted by molar-refractivity contribution is -0.687. The van der Waals surface area contributed by atoms with Crippen molar-refractivity contribution in [2.45, 2.75) is 11.4 Å². The van der Waals surface area contributed by atoms with Crippen LogP contribution < -0.4 is 26.4 Å². The molecule has 0 saturated heterocycles. The minimum atomic E-state index is -7.22. The van der Waals surface area contributed by atoms with Crippen molar-refractivity contribution in [3.63, 3.8) is 0 Å². The van der Waals surface area contributed by atoms with E-state index in [1.54, 1.807) is 0 Å². The molecule has 0 aliphatic heterocycles. The monoisotopic (exact) mass is 931 g/mol. The number of rotatable bonds is 6. The van der Waals surface area contributed by atoms with Gasteiger partial charge < -0.3 is 0 Å². The number of nitrogens with zero attached hydrogens (tertiary/aromatic N) is 1. The first-order chi connectivity index (χ1) is 29.5. The molecule has 7 aromatic rings. The summed E-state index contributed by atoms with van der Waals surface area (Å²) in [5, 5.41) is 2.55. The molecule has 0 spiro atoms. The first kappa shape index (κ1) is 46.3. The van der Waals surface area contributed by atoms with Gasteiger partial charge in [-0.25, -0.2) is 92.4 Å². The Bertz CT molecular complexity index is 2620. The maximum Gasteiger partial charge on any atom is 0.200 e. The molecule has 23 heteroatoms. The molecule has 1 aromatic heterocycles. The van der Waals surface area contributed by atoms with Gasteiger partial charge in [-0.2, -0.15) is 0 Å². The highest BCUT2D eigenvalue weighted by Crippen LogP contribution is 2.31. The molecule has 0 amide bonds. The third-order valence-electron chi connectivity index (χ3n) is 9.76. The lowest BCUT2D eigenvalue weighted by Gasteiger charge is -2.44. The van der Waals surface area contributed by atoms with Crippen molar-refractivity contribution in [1.29, 1.82) is 0 Å². The summed E-state index contributed by atoms with van der Waals surface area (Å²) < 4.78 is 296. The third-order valence-corrected chi connectivity index (χ3v) is 10.1. The predicted molar refractivity (Wildman–Crippen MR) is 186 cm³/mol. The van der Waals surface area contributed by atoms with E-state index in [1.165, 1.54) is 16.3 Å². The van der Waals surface area contributed by atoms with Gasteiger partial charge in [-0.1, -0.05) is 30.3 Å². The molecule has 63 heavy (non-hydrogen) atoms. The second-order valence-corrected chi connectivity index (χ2v) is 13.7. The lowest BCUT2D eigenvalue weighted by Crippen LogP contribution is -2.81. The SMILES string of the molecule is Fc1c(F)c(F)c([B-](c2c(F)c(F)c(F)c(F)c2F)(c2c(F)c(F)c(F)c(F)c2F)c2c(F)c(F)c(F)c(F)c2F)c(F)c1F.Sc1ccc(C[n+]2ccc3ccccc3c2)cc1. The van der Waals surface area contributed by atoms with Gasteiger partial charge in [-0.15, -0.1) is 34.5 Å². The summed E-state index contributed by atoms with van der Waals surface area (Å²) in [4.78, 5) is 1.00. The zero-order valence-corrected chi connectivity index (χ0v) is 31.0. The van der Waals surface area contributed by atoms with Gasteiger partial charge in [0.25, 0.3) is 0 Å². The zero-order chi connectivity index (χ0) is 46.7. The molecule has 0 atom stereocenters. The Morgan fingerprint density at radius 1 is 0.333 bits per heavy atom. The number of thiol groups is 1. The topological polar surface area (TPSA) is 3.88 Å². The Hall–Kier alpha value is -6.26. The molecule has 328 valence electrons. The van der Waals surface area contributed by atoms with E-state index in [-0.39, 0.29) is 0 Å². The minimum Gasteiger partial charge on any atom is -0.207 e. The van der Waals surface area contributed by atoms with Crippen LogP contribution in [-0.4, -0.2) is 6.15 Å². The molecule has 0 bridgehead atoms. The van der Waals surface area contributed by atoms with Gasteiger partial charge in [0.15, 0.2) is 88.7 Å². The molecule has 0 aliphatic rings. The van der Waals surface area contributed by atoms with E-state index in [1.807, 2.05) is 12.1 Å². The van der Waals surface area contributed by atoms with Crippen LogP contribution in [0.4, 0.5) is 87.8 Å². The van der Waals surface area contributed by atoms with Gasteiger partial charge >= 0.3 is 0 Å². The number of halogens is 20. The van der Waals surface area contributed by atoms with Crippen molar-refractivity contribution in [3.8, 4) is 0 Å². The van der Waals surface area contributed by atoms with Crippen molar-refractivity contribution in [1.82, 2.24) is 0 Å². The molecule has 0 N–H and O–H groups in total. The van der Waals surface area contributed by atoms with E-state index in [2.05, 4.69) is 72.1 Å². The zero-order valence-electron chi connectivity index (χ0n) is 30.1. The van der Waals surface area contributed by atoms with Crippen molar-refractivity contribution < 1.29 is 92.4 Å². The molecule has 1 nitrogen and oxygen atoms in total. The van der Waals surface area contributed by atoms with Crippen LogP contribution in [0.5, 0.6) is 0 Å². The van der Waals surface area contributed by atoms with Crippen LogP contribution in [0.3, 0.4) is 0 Å². The fourth-order valence-corrected chi connectivity index (χ4v) is 7.11. The summed E-state index contributed by atoms with van der Waals surface area (Å²) in [6, 6.07) is 18.9. The maximum absolute atomic E-state index is 15.4. The molecule has 1 heterocycles. The Labute approximate surface area is 343 Å². The van der Waals surface area contributed by atoms with E-state index < -0.39 is 144 Å². The Balaban J connectivity index is 0.000000302. The largest absolute Gasteiger partial charge is 0.207 e. The molecule has 0 fully saturated rings. The maximum atomic E-state index is 15.4. The van der Waals surface area contributed by atoms with Crippen LogP contribution in [0, 0.1) is 116 Å². The Morgan fingerprint density at radius 3 is 0.905 bits per heavy atom. The molecule has 0 aliphatic carbocycles. The molecule has 6 aromatic carbocycles. The molecule has 0 radical (unpaired) electrons. The first-order valence-corrected chi connectivity index (χ1v) is 17.4. The van der Waals surface area contributed by atoms with Crippen molar-refractivity contribution in [3.05, 3.63) is 189 Å². The summed E-state index contributed by atoms with van der Waals surface area (Å²) in [7, 11) is 0. The number of hydrogen-bond donors (Lipinski definition) is 1. The average molecular weight is 931 g/mol. The summed E-state index contributed by atoms with van der Waals surface area (Å²) in [5.74, 6) is -71.4. The summed E-state index contributed by atoms with van der Waals surface area (Å²) in [5.41, 5.74) is -13.0. The first-order valence-electron chi connectivity index (χ1n) is 16.9. The number of pyridine rings is 1. The molecule has 7 rings (SSSR count). The lowest BCUT2D eigenvalue weighted by atomic mass is 9.12. The summed E-state index contributed by atoms with van der Waals surface area (Å²) >= 11 is 4.30. The highest BCUT2D eigenvalue weighted by molar-refractivity contribution is 7.80. The minimum absolute atomic E-state index is 0.888. The number of fused-ring (bicyclic) bond motifs is 1. The second-order valence-electron chi connectivity index (χ2n) is 13.2. The van der Waals surface area contributed by atoms with Crippen LogP contribution in [-0.2, 0) is 6.54 Å². The molecule has 0 saturated carbocycles. The number of aromatic nitrogens is 1. The molecule has 0 unspecified atom stereocenters. The predicted octanol–water partition coefficient (Wildman–Crippen LogP) is 9.31. The van der Waals surface area contributed by atoms with E-state index in [9.17, 15) is 52.7 Å². The van der Waals surface area contributed by atoms with Gasteiger partial charge in [0, 0.05) is 21.9 Å². The van der Waals surface area contributed by atoms with Gasteiger partial charge in [0.05, 0.1) is 0 Å². The highest BCUT2D eigenvalue weighted by Gasteiger charge is 2.52. The third kappa shape index (κ3) is 7.38. The Morgan fingerprint density at radius 2 is 0.603 bits per heavy atom. The highest BCUT2D eigenvalue weighted by atomic mass is 32.1. The number of hydrogen-bond acceptors (Lipinski definition) is 1. The van der Waals surface area contributed by atoms with Crippen molar-refractivity contribution >= 4 is 51.4 Å². The summed E-state index contributed by atoms with van der Waals surface area (Å²) in [6.07, 6.45) is -2.91. The number of benzene rings is 6. The smallest absolute Gasteiger partial charge is 0.200 e. The second kappa shape index (κ2) is 17.1.